The van der Waals surface area contributed by atoms with Crippen molar-refractivity contribution in [2.24, 2.45) is 52.3 Å². The molecule has 10 atom stereocenters. The smallest absolute Gasteiger partial charge is 0.305 e. The molecule has 0 spiro atoms. The molecular weight excluding hydrogens is 372 g/mol. The Morgan fingerprint density at radius 3 is 2.47 bits per heavy atom. The maximum Gasteiger partial charge on any atom is 0.305 e. The first-order valence-corrected chi connectivity index (χ1v) is 13.0. The van der Waals surface area contributed by atoms with Crippen molar-refractivity contribution in [2.45, 2.75) is 104 Å². The zero-order valence-electron chi connectivity index (χ0n) is 20.2. The summed E-state index contributed by atoms with van der Waals surface area (Å²) in [6, 6.07) is 0. The lowest BCUT2D eigenvalue weighted by molar-refractivity contribution is -0.194. The van der Waals surface area contributed by atoms with E-state index >= 15 is 0 Å². The Labute approximate surface area is 184 Å². The number of carbonyl (C=O) groups excluding carboxylic acids is 1. The van der Waals surface area contributed by atoms with Crippen molar-refractivity contribution in [1.29, 1.82) is 0 Å². The maximum absolute atomic E-state index is 11.8. The Hall–Kier alpha value is -0.570. The minimum Gasteiger partial charge on any atom is -0.469 e. The van der Waals surface area contributed by atoms with Gasteiger partial charge in [-0.3, -0.25) is 4.79 Å². The Bertz CT molecular complexity index is 632. The van der Waals surface area contributed by atoms with E-state index in [2.05, 4.69) is 27.7 Å². The third-order valence-electron chi connectivity index (χ3n) is 11.1. The first-order chi connectivity index (χ1) is 14.3. The van der Waals surface area contributed by atoms with Crippen molar-refractivity contribution >= 4 is 5.97 Å². The lowest BCUT2D eigenvalue weighted by atomic mass is 9.41. The van der Waals surface area contributed by atoms with E-state index < -0.39 is 0 Å². The van der Waals surface area contributed by atoms with Gasteiger partial charge in [0, 0.05) is 6.42 Å². The van der Waals surface area contributed by atoms with E-state index in [-0.39, 0.29) is 12.1 Å². The van der Waals surface area contributed by atoms with Gasteiger partial charge in [0.25, 0.3) is 0 Å². The Balaban J connectivity index is 1.58. The first kappa shape index (κ1) is 22.6. The van der Waals surface area contributed by atoms with Crippen LogP contribution >= 0.6 is 0 Å². The number of fused-ring (bicyclic) bond motifs is 5. The van der Waals surface area contributed by atoms with Gasteiger partial charge in [-0.05, 0) is 97.2 Å². The van der Waals surface area contributed by atoms with Gasteiger partial charge in [0.1, 0.15) is 0 Å². The lowest BCUT2D eigenvalue weighted by Gasteiger charge is -2.64. The number of methoxy groups -OCH3 is 1. The van der Waals surface area contributed by atoms with Crippen LogP contribution in [0.1, 0.15) is 98.3 Å². The number of esters is 1. The summed E-state index contributed by atoms with van der Waals surface area (Å²) in [5, 5.41) is 11.8. The summed E-state index contributed by atoms with van der Waals surface area (Å²) in [7, 11) is 1.49. The fraction of sp³-hybridized carbons (Fsp3) is 0.963. The third-order valence-corrected chi connectivity index (χ3v) is 11.1. The van der Waals surface area contributed by atoms with Gasteiger partial charge in [-0.25, -0.2) is 0 Å². The van der Waals surface area contributed by atoms with Crippen molar-refractivity contribution in [1.82, 2.24) is 0 Å². The fourth-order valence-corrected chi connectivity index (χ4v) is 9.66. The van der Waals surface area contributed by atoms with E-state index in [0.29, 0.717) is 52.8 Å². The van der Waals surface area contributed by atoms with Crippen molar-refractivity contribution in [3.05, 3.63) is 0 Å². The van der Waals surface area contributed by atoms with Crippen LogP contribution in [0.3, 0.4) is 0 Å². The summed E-state index contributed by atoms with van der Waals surface area (Å²) in [5.41, 5.74) is 0.770. The van der Waals surface area contributed by atoms with Crippen molar-refractivity contribution in [3.63, 3.8) is 0 Å². The number of aliphatic hydroxyl groups is 1. The largest absolute Gasteiger partial charge is 0.469 e. The summed E-state index contributed by atoms with van der Waals surface area (Å²) in [5.74, 6) is 4.24. The monoisotopic (exact) mass is 418 g/mol. The summed E-state index contributed by atoms with van der Waals surface area (Å²) < 4.78 is 4.89. The SMILES string of the molecule is CC[C@H]1[C@@H](O)C2C(CC[C@@]3(C)[C@@H]2CC[C@@H]3[C@H](C)CCC(=O)OC)[C@@]2(C)CCCC[C@@H]12. The van der Waals surface area contributed by atoms with Gasteiger partial charge in [0.15, 0.2) is 0 Å². The molecule has 0 amide bonds. The number of aliphatic hydroxyl groups excluding tert-OH is 1. The molecule has 0 aromatic rings. The highest BCUT2D eigenvalue weighted by molar-refractivity contribution is 5.69. The zero-order chi connectivity index (χ0) is 21.7. The van der Waals surface area contributed by atoms with Gasteiger partial charge in [0.2, 0.25) is 0 Å². The number of carbonyl (C=O) groups is 1. The standard InChI is InChI=1S/C27H46O3/c1-6-18-20-9-7-8-15-26(20,3)22-14-16-27(4)19(17(2)10-13-23(28)30-5)11-12-21(27)24(22)25(18)29/h17-22,24-25,29H,6-16H2,1-5H3/t17-,18-,19-,20+,21-,22?,24?,25-,26+,27-/m1/s1. The van der Waals surface area contributed by atoms with E-state index in [4.69, 9.17) is 4.74 Å². The van der Waals surface area contributed by atoms with Crippen molar-refractivity contribution in [3.8, 4) is 0 Å². The van der Waals surface area contributed by atoms with Gasteiger partial charge in [0.05, 0.1) is 13.2 Å². The van der Waals surface area contributed by atoms with E-state index in [0.717, 1.165) is 18.8 Å². The Kier molecular flexibility index (Phi) is 6.34. The molecule has 0 bridgehead atoms. The molecule has 4 fully saturated rings. The second-order valence-corrected chi connectivity index (χ2v) is 12.0. The van der Waals surface area contributed by atoms with Crippen LogP contribution in [0.5, 0.6) is 0 Å². The van der Waals surface area contributed by atoms with Gasteiger partial charge in [-0.15, -0.1) is 0 Å². The molecule has 2 unspecified atom stereocenters. The van der Waals surface area contributed by atoms with Crippen LogP contribution in [0, 0.1) is 52.3 Å². The van der Waals surface area contributed by atoms with Gasteiger partial charge in [-0.1, -0.05) is 47.0 Å². The van der Waals surface area contributed by atoms with E-state index in [1.54, 1.807) is 0 Å². The Morgan fingerprint density at radius 1 is 1.03 bits per heavy atom. The molecule has 3 nitrogen and oxygen atoms in total. The van der Waals surface area contributed by atoms with Gasteiger partial charge >= 0.3 is 5.97 Å². The number of ether oxygens (including phenoxy) is 1. The average molecular weight is 419 g/mol. The average Bonchev–Trinajstić information content (AvgIpc) is 3.09. The van der Waals surface area contributed by atoms with Crippen LogP contribution in [-0.2, 0) is 9.53 Å². The molecule has 4 aliphatic carbocycles. The van der Waals surface area contributed by atoms with Crippen molar-refractivity contribution < 1.29 is 14.6 Å². The second-order valence-electron chi connectivity index (χ2n) is 12.0. The summed E-state index contributed by atoms with van der Waals surface area (Å²) >= 11 is 0. The zero-order valence-corrected chi connectivity index (χ0v) is 20.2. The highest BCUT2D eigenvalue weighted by Crippen LogP contribution is 2.69. The van der Waals surface area contributed by atoms with E-state index in [9.17, 15) is 9.90 Å². The maximum atomic E-state index is 11.8. The van der Waals surface area contributed by atoms with Gasteiger partial charge < -0.3 is 9.84 Å². The van der Waals surface area contributed by atoms with Crippen LogP contribution in [0.25, 0.3) is 0 Å². The van der Waals surface area contributed by atoms with Crippen LogP contribution in [0.15, 0.2) is 0 Å². The first-order valence-electron chi connectivity index (χ1n) is 13.0. The number of rotatable bonds is 5. The molecule has 4 aliphatic rings. The molecule has 0 aromatic heterocycles. The molecule has 4 rings (SSSR count). The summed E-state index contributed by atoms with van der Waals surface area (Å²) in [4.78, 5) is 11.7. The molecule has 0 radical (unpaired) electrons. The van der Waals surface area contributed by atoms with Crippen LogP contribution in [0.2, 0.25) is 0 Å². The molecule has 0 aliphatic heterocycles. The summed E-state index contributed by atoms with van der Waals surface area (Å²) in [6.45, 7) is 9.83. The van der Waals surface area contributed by atoms with E-state index in [1.165, 1.54) is 58.5 Å². The van der Waals surface area contributed by atoms with Crippen LogP contribution in [-0.4, -0.2) is 24.3 Å². The molecule has 172 valence electrons. The lowest BCUT2D eigenvalue weighted by Crippen LogP contribution is -2.61. The van der Waals surface area contributed by atoms with Crippen LogP contribution in [0.4, 0.5) is 0 Å². The molecule has 3 heteroatoms. The molecule has 0 saturated heterocycles. The molecule has 0 aromatic carbocycles. The molecular formula is C27H46O3. The number of hydrogen-bond acceptors (Lipinski definition) is 3. The molecule has 1 N–H and O–H groups in total. The summed E-state index contributed by atoms with van der Waals surface area (Å²) in [6.07, 6.45) is 13.1. The minimum absolute atomic E-state index is 0.0741. The normalized spacial score (nSPS) is 48.9. The highest BCUT2D eigenvalue weighted by Gasteiger charge is 2.64. The molecule has 0 heterocycles. The van der Waals surface area contributed by atoms with Gasteiger partial charge in [-0.2, -0.15) is 0 Å². The third kappa shape index (κ3) is 3.37. The predicted molar refractivity (Wildman–Crippen MR) is 121 cm³/mol. The highest BCUT2D eigenvalue weighted by atomic mass is 16.5. The molecule has 30 heavy (non-hydrogen) atoms. The van der Waals surface area contributed by atoms with E-state index in [1.807, 2.05) is 0 Å². The Morgan fingerprint density at radius 2 is 1.77 bits per heavy atom. The number of hydrogen-bond donors (Lipinski definition) is 1. The van der Waals surface area contributed by atoms with Crippen molar-refractivity contribution in [2.75, 3.05) is 7.11 Å². The second kappa shape index (κ2) is 8.41. The predicted octanol–water partition coefficient (Wildman–Crippen LogP) is 6.23. The minimum atomic E-state index is -0.107. The quantitative estimate of drug-likeness (QED) is 0.538. The molecule has 4 saturated carbocycles. The van der Waals surface area contributed by atoms with Crippen LogP contribution < -0.4 is 0 Å². The topological polar surface area (TPSA) is 46.5 Å². The fourth-order valence-electron chi connectivity index (χ4n) is 9.66.